The van der Waals surface area contributed by atoms with Crippen LogP contribution in [-0.4, -0.2) is 26.7 Å². The smallest absolute Gasteiger partial charge is 0.339 e. The third-order valence-electron chi connectivity index (χ3n) is 2.52. The first-order valence-electron chi connectivity index (χ1n) is 4.87. The molecule has 0 fully saturated rings. The minimum atomic E-state index is -1.02. The Bertz CT molecular complexity index is 336. The summed E-state index contributed by atoms with van der Waals surface area (Å²) in [5, 5.41) is 3.22. The molecule has 0 spiro atoms. The predicted molar refractivity (Wildman–Crippen MR) is 55.5 cm³/mol. The van der Waals surface area contributed by atoms with Crippen molar-refractivity contribution in [1.29, 1.82) is 0 Å². The highest BCUT2D eigenvalue weighted by Crippen LogP contribution is 2.26. The van der Waals surface area contributed by atoms with E-state index in [-0.39, 0.29) is 0 Å². The average Bonchev–Trinajstić information content (AvgIpc) is 2.48. The van der Waals surface area contributed by atoms with E-state index < -0.39 is 5.97 Å². The molecule has 2 rings (SSSR count). The van der Waals surface area contributed by atoms with Crippen molar-refractivity contribution in [3.63, 3.8) is 0 Å². The average molecular weight is 209 g/mol. The maximum Gasteiger partial charge on any atom is 0.339 e. The van der Waals surface area contributed by atoms with E-state index in [9.17, 15) is 0 Å². The molecule has 0 aromatic heterocycles. The number of benzene rings is 1. The molecule has 0 saturated heterocycles. The van der Waals surface area contributed by atoms with Crippen LogP contribution in [0, 0.1) is 0 Å². The molecule has 4 nitrogen and oxygen atoms in total. The Morgan fingerprint density at radius 3 is 2.73 bits per heavy atom. The fourth-order valence-corrected chi connectivity index (χ4v) is 1.61. The minimum Gasteiger partial charge on any atom is -0.438 e. The van der Waals surface area contributed by atoms with Crippen molar-refractivity contribution in [3.05, 3.63) is 29.8 Å². The van der Waals surface area contributed by atoms with Gasteiger partial charge in [0.15, 0.2) is 0 Å². The topological polar surface area (TPSA) is 39.7 Å². The molecule has 1 aromatic rings. The first-order chi connectivity index (χ1) is 7.29. The number of nitrogens with one attached hydrogen (secondary N) is 1. The van der Waals surface area contributed by atoms with Crippen LogP contribution in [0.2, 0.25) is 0 Å². The van der Waals surface area contributed by atoms with Crippen molar-refractivity contribution in [3.8, 4) is 5.75 Å². The second-order valence-corrected chi connectivity index (χ2v) is 3.40. The Labute approximate surface area is 89.1 Å². The van der Waals surface area contributed by atoms with Gasteiger partial charge in [-0.1, -0.05) is 18.2 Å². The molecular weight excluding hydrogens is 194 g/mol. The third kappa shape index (κ3) is 1.97. The van der Waals surface area contributed by atoms with E-state index in [1.54, 1.807) is 14.2 Å². The number of para-hydroxylation sites is 1. The summed E-state index contributed by atoms with van der Waals surface area (Å²) in [5.74, 6) is -0.224. The van der Waals surface area contributed by atoms with Crippen molar-refractivity contribution in [2.45, 2.75) is 12.5 Å². The van der Waals surface area contributed by atoms with Gasteiger partial charge in [-0.3, -0.25) is 0 Å². The highest BCUT2D eigenvalue weighted by molar-refractivity contribution is 5.34. The SMILES string of the molecule is COC1(OC)CNCc2ccccc2O1. The fraction of sp³-hybridized carbons (Fsp3) is 0.455. The van der Waals surface area contributed by atoms with Gasteiger partial charge in [-0.25, -0.2) is 0 Å². The first kappa shape index (κ1) is 10.4. The zero-order valence-corrected chi connectivity index (χ0v) is 8.95. The van der Waals surface area contributed by atoms with Gasteiger partial charge >= 0.3 is 5.97 Å². The minimum absolute atomic E-state index is 0.495. The largest absolute Gasteiger partial charge is 0.438 e. The molecular formula is C11H15NO3. The van der Waals surface area contributed by atoms with Crippen LogP contribution in [0.1, 0.15) is 5.56 Å². The maximum absolute atomic E-state index is 5.74. The standard InChI is InChI=1S/C11H15NO3/c1-13-11(14-2)8-12-7-9-5-3-4-6-10(9)15-11/h3-6,12H,7-8H2,1-2H3. The van der Waals surface area contributed by atoms with Crippen LogP contribution in [0.3, 0.4) is 0 Å². The molecule has 4 heteroatoms. The molecule has 15 heavy (non-hydrogen) atoms. The first-order valence-corrected chi connectivity index (χ1v) is 4.87. The summed E-state index contributed by atoms with van der Waals surface area (Å²) in [6.45, 7) is 1.25. The lowest BCUT2D eigenvalue weighted by Gasteiger charge is -2.29. The highest BCUT2D eigenvalue weighted by atomic mass is 16.9. The van der Waals surface area contributed by atoms with Crippen LogP contribution in [0.15, 0.2) is 24.3 Å². The van der Waals surface area contributed by atoms with Crippen molar-refractivity contribution in [1.82, 2.24) is 5.32 Å². The lowest BCUT2D eigenvalue weighted by atomic mass is 10.2. The Balaban J connectivity index is 2.31. The summed E-state index contributed by atoms with van der Waals surface area (Å²) in [5.41, 5.74) is 1.11. The molecule has 0 saturated carbocycles. The number of hydrogen-bond donors (Lipinski definition) is 1. The third-order valence-corrected chi connectivity index (χ3v) is 2.52. The molecule has 1 aliphatic heterocycles. The quantitative estimate of drug-likeness (QED) is 0.741. The monoisotopic (exact) mass is 209 g/mol. The lowest BCUT2D eigenvalue weighted by molar-refractivity contribution is -0.315. The zero-order chi connectivity index (χ0) is 10.7. The summed E-state index contributed by atoms with van der Waals surface area (Å²) >= 11 is 0. The van der Waals surface area contributed by atoms with Gasteiger partial charge in [0.1, 0.15) is 5.75 Å². The van der Waals surface area contributed by atoms with Crippen molar-refractivity contribution >= 4 is 0 Å². The van der Waals surface area contributed by atoms with E-state index >= 15 is 0 Å². The van der Waals surface area contributed by atoms with Crippen molar-refractivity contribution in [2.75, 3.05) is 20.8 Å². The molecule has 1 aliphatic rings. The molecule has 1 heterocycles. The van der Waals surface area contributed by atoms with Gasteiger partial charge in [-0.2, -0.15) is 0 Å². The zero-order valence-electron chi connectivity index (χ0n) is 8.95. The summed E-state index contributed by atoms with van der Waals surface area (Å²) in [6, 6.07) is 7.84. The summed E-state index contributed by atoms with van der Waals surface area (Å²) in [6.07, 6.45) is 0. The number of fused-ring (bicyclic) bond motifs is 1. The Morgan fingerprint density at radius 1 is 1.27 bits per heavy atom. The van der Waals surface area contributed by atoms with Crippen molar-refractivity contribution < 1.29 is 14.2 Å². The van der Waals surface area contributed by atoms with E-state index in [1.807, 2.05) is 24.3 Å². The fourth-order valence-electron chi connectivity index (χ4n) is 1.61. The Morgan fingerprint density at radius 2 is 2.00 bits per heavy atom. The van der Waals surface area contributed by atoms with Gasteiger partial charge in [0.05, 0.1) is 6.54 Å². The molecule has 0 unspecified atom stereocenters. The van der Waals surface area contributed by atoms with E-state index in [1.165, 1.54) is 0 Å². The van der Waals surface area contributed by atoms with E-state index in [0.717, 1.165) is 17.9 Å². The molecule has 0 aliphatic carbocycles. The summed E-state index contributed by atoms with van der Waals surface area (Å²) in [7, 11) is 3.14. The second kappa shape index (κ2) is 4.18. The summed E-state index contributed by atoms with van der Waals surface area (Å²) < 4.78 is 16.3. The second-order valence-electron chi connectivity index (χ2n) is 3.40. The molecule has 0 bridgehead atoms. The predicted octanol–water partition coefficient (Wildman–Crippen LogP) is 1.12. The maximum atomic E-state index is 5.74. The van der Waals surface area contributed by atoms with Crippen molar-refractivity contribution in [2.24, 2.45) is 0 Å². The van der Waals surface area contributed by atoms with E-state index in [2.05, 4.69) is 5.32 Å². The van der Waals surface area contributed by atoms with Crippen LogP contribution in [0.25, 0.3) is 0 Å². The number of ether oxygens (including phenoxy) is 3. The van der Waals surface area contributed by atoms with E-state index in [0.29, 0.717) is 6.54 Å². The molecule has 82 valence electrons. The molecule has 1 aromatic carbocycles. The molecule has 0 radical (unpaired) electrons. The number of methoxy groups -OCH3 is 2. The lowest BCUT2D eigenvalue weighted by Crippen LogP contribution is -2.47. The normalized spacial score (nSPS) is 18.8. The number of rotatable bonds is 2. The van der Waals surface area contributed by atoms with Crippen LogP contribution in [-0.2, 0) is 16.0 Å². The van der Waals surface area contributed by atoms with Gasteiger partial charge in [-0.15, -0.1) is 0 Å². The van der Waals surface area contributed by atoms with Gasteiger partial charge in [0.25, 0.3) is 0 Å². The molecule has 1 N–H and O–H groups in total. The Kier molecular flexibility index (Phi) is 2.90. The van der Waals surface area contributed by atoms with Gasteiger partial charge in [0.2, 0.25) is 0 Å². The van der Waals surface area contributed by atoms with Crippen LogP contribution < -0.4 is 10.1 Å². The van der Waals surface area contributed by atoms with Crippen LogP contribution in [0.4, 0.5) is 0 Å². The molecule has 0 atom stereocenters. The van der Waals surface area contributed by atoms with Gasteiger partial charge in [0, 0.05) is 26.3 Å². The number of hydrogen-bond acceptors (Lipinski definition) is 4. The van der Waals surface area contributed by atoms with Crippen LogP contribution >= 0.6 is 0 Å². The van der Waals surface area contributed by atoms with E-state index in [4.69, 9.17) is 14.2 Å². The highest BCUT2D eigenvalue weighted by Gasteiger charge is 2.34. The Hall–Kier alpha value is -1.10. The summed E-state index contributed by atoms with van der Waals surface area (Å²) in [4.78, 5) is 0. The van der Waals surface area contributed by atoms with Gasteiger partial charge in [-0.05, 0) is 6.07 Å². The van der Waals surface area contributed by atoms with Crippen LogP contribution in [0.5, 0.6) is 5.75 Å². The van der Waals surface area contributed by atoms with Gasteiger partial charge < -0.3 is 19.5 Å². The molecule has 0 amide bonds.